The molecule has 7 nitrogen and oxygen atoms in total. The highest BCUT2D eigenvalue weighted by atomic mass is 16.5. The summed E-state index contributed by atoms with van der Waals surface area (Å²) in [4.78, 5) is 11.0. The van der Waals surface area contributed by atoms with Crippen molar-refractivity contribution in [3.63, 3.8) is 0 Å². The predicted molar refractivity (Wildman–Crippen MR) is 96.3 cm³/mol. The summed E-state index contributed by atoms with van der Waals surface area (Å²) in [6.07, 6.45) is 0. The van der Waals surface area contributed by atoms with Crippen molar-refractivity contribution in [3.05, 3.63) is 0 Å². The summed E-state index contributed by atoms with van der Waals surface area (Å²) in [6.45, 7) is 14.0. The maximum Gasteiger partial charge on any atom is 0.216 e. The van der Waals surface area contributed by atoms with Crippen molar-refractivity contribution in [2.75, 3.05) is 66.3 Å². The first-order chi connectivity index (χ1) is 11.4. The van der Waals surface area contributed by atoms with Gasteiger partial charge in [-0.15, -0.1) is 0 Å². The topological polar surface area (TPSA) is 80.8 Å². The Morgan fingerprint density at radius 1 is 1.00 bits per heavy atom. The summed E-state index contributed by atoms with van der Waals surface area (Å²) >= 11 is 0. The number of rotatable bonds is 16. The van der Waals surface area contributed by atoms with E-state index in [0.717, 1.165) is 26.2 Å². The second-order valence-electron chi connectivity index (χ2n) is 6.37. The van der Waals surface area contributed by atoms with Crippen LogP contribution in [0.1, 0.15) is 27.7 Å². The summed E-state index contributed by atoms with van der Waals surface area (Å²) in [6, 6.07) is 0. The van der Waals surface area contributed by atoms with Gasteiger partial charge in [-0.3, -0.25) is 4.79 Å². The van der Waals surface area contributed by atoms with Gasteiger partial charge < -0.3 is 30.2 Å². The lowest BCUT2D eigenvalue weighted by molar-refractivity contribution is -0.120. The van der Waals surface area contributed by atoms with E-state index in [1.54, 1.807) is 0 Å². The van der Waals surface area contributed by atoms with Crippen molar-refractivity contribution in [2.45, 2.75) is 33.3 Å². The van der Waals surface area contributed by atoms with Gasteiger partial charge in [0.2, 0.25) is 5.91 Å². The van der Waals surface area contributed by atoms with E-state index in [1.807, 2.05) is 20.9 Å². The van der Waals surface area contributed by atoms with Crippen molar-refractivity contribution in [3.8, 4) is 0 Å². The molecule has 0 aliphatic heterocycles. The minimum absolute atomic E-state index is 0.0130. The maximum atomic E-state index is 11.0. The van der Waals surface area contributed by atoms with Crippen LogP contribution in [0.2, 0.25) is 0 Å². The second kappa shape index (κ2) is 14.6. The fraction of sp³-hybridized carbons (Fsp3) is 0.941. The van der Waals surface area contributed by atoms with Gasteiger partial charge in [0, 0.05) is 39.0 Å². The molecular weight excluding hydrogens is 310 g/mol. The van der Waals surface area contributed by atoms with Crippen LogP contribution in [0.15, 0.2) is 0 Å². The second-order valence-corrected chi connectivity index (χ2v) is 6.37. The van der Waals surface area contributed by atoms with Crippen LogP contribution in [0.25, 0.3) is 0 Å². The molecule has 0 radical (unpaired) electrons. The molecule has 0 aromatic rings. The van der Waals surface area contributed by atoms with Gasteiger partial charge in [0.25, 0.3) is 0 Å². The van der Waals surface area contributed by atoms with Crippen molar-refractivity contribution < 1.29 is 19.0 Å². The molecule has 0 rings (SSSR count). The van der Waals surface area contributed by atoms with Crippen LogP contribution in [0.3, 0.4) is 0 Å². The van der Waals surface area contributed by atoms with Gasteiger partial charge in [-0.1, -0.05) is 6.92 Å². The van der Waals surface area contributed by atoms with Crippen molar-refractivity contribution in [1.82, 2.24) is 16.0 Å². The third-order valence-electron chi connectivity index (χ3n) is 3.89. The highest BCUT2D eigenvalue weighted by molar-refractivity contribution is 5.72. The Kier molecular flexibility index (Phi) is 14.2. The zero-order valence-electron chi connectivity index (χ0n) is 16.1. The third-order valence-corrected chi connectivity index (χ3v) is 3.89. The monoisotopic (exact) mass is 347 g/mol. The molecule has 0 bridgehead atoms. The molecule has 0 aliphatic carbocycles. The van der Waals surface area contributed by atoms with E-state index in [2.05, 4.69) is 22.9 Å². The molecule has 0 aromatic carbocycles. The minimum atomic E-state index is -0.297. The third kappa shape index (κ3) is 13.7. The molecule has 24 heavy (non-hydrogen) atoms. The Morgan fingerprint density at radius 3 is 2.17 bits per heavy atom. The molecule has 0 aliphatic rings. The lowest BCUT2D eigenvalue weighted by Crippen LogP contribution is -2.40. The quantitative estimate of drug-likeness (QED) is 0.351. The first kappa shape index (κ1) is 23.3. The van der Waals surface area contributed by atoms with Crippen molar-refractivity contribution >= 4 is 5.91 Å². The molecule has 0 saturated carbocycles. The molecule has 3 N–H and O–H groups in total. The fourth-order valence-electron chi connectivity index (χ4n) is 1.84. The van der Waals surface area contributed by atoms with Gasteiger partial charge in [-0.05, 0) is 20.9 Å². The molecule has 144 valence electrons. The maximum absolute atomic E-state index is 11.0. The van der Waals surface area contributed by atoms with E-state index in [0.29, 0.717) is 33.0 Å². The number of hydrogen-bond donors (Lipinski definition) is 3. The van der Waals surface area contributed by atoms with Crippen LogP contribution >= 0.6 is 0 Å². The highest BCUT2D eigenvalue weighted by Crippen LogP contribution is 2.20. The molecular formula is C17H37N3O4. The summed E-state index contributed by atoms with van der Waals surface area (Å²) < 4.78 is 16.8. The standard InChI is InChI=1S/C17H37N3O4/c1-15(14-20-16(2)21)17(3,4)24-13-12-23-11-8-19-7-10-22-9-6-18-5/h15,18-19H,6-14H2,1-5H3,(H,20,21). The number of ether oxygens (including phenoxy) is 3. The van der Waals surface area contributed by atoms with E-state index in [4.69, 9.17) is 14.2 Å². The van der Waals surface area contributed by atoms with E-state index in [1.165, 1.54) is 6.92 Å². The van der Waals surface area contributed by atoms with Crippen molar-refractivity contribution in [1.29, 1.82) is 0 Å². The highest BCUT2D eigenvalue weighted by Gasteiger charge is 2.26. The minimum Gasteiger partial charge on any atom is -0.379 e. The SMILES string of the molecule is CNCCOCCNCCOCCOC(C)(C)C(C)CNC(C)=O. The summed E-state index contributed by atoms with van der Waals surface area (Å²) in [7, 11) is 1.91. The first-order valence-electron chi connectivity index (χ1n) is 8.79. The number of carbonyl (C=O) groups excluding carboxylic acids is 1. The number of carbonyl (C=O) groups is 1. The van der Waals surface area contributed by atoms with Crippen molar-refractivity contribution in [2.24, 2.45) is 5.92 Å². The lowest BCUT2D eigenvalue weighted by Gasteiger charge is -2.32. The van der Waals surface area contributed by atoms with Crippen LogP contribution in [0.4, 0.5) is 0 Å². The molecule has 0 fully saturated rings. The van der Waals surface area contributed by atoms with Gasteiger partial charge in [-0.25, -0.2) is 0 Å². The summed E-state index contributed by atoms with van der Waals surface area (Å²) in [5, 5.41) is 9.12. The van der Waals surface area contributed by atoms with Crippen LogP contribution in [-0.4, -0.2) is 77.8 Å². The Hall–Kier alpha value is -0.730. The van der Waals surface area contributed by atoms with E-state index < -0.39 is 0 Å². The number of nitrogens with one attached hydrogen (secondary N) is 3. The molecule has 0 aromatic heterocycles. The van der Waals surface area contributed by atoms with E-state index >= 15 is 0 Å². The van der Waals surface area contributed by atoms with Gasteiger partial charge in [0.05, 0.1) is 38.6 Å². The van der Waals surface area contributed by atoms with Crippen LogP contribution in [-0.2, 0) is 19.0 Å². The normalized spacial score (nSPS) is 13.0. The van der Waals surface area contributed by atoms with Gasteiger partial charge >= 0.3 is 0 Å². The van der Waals surface area contributed by atoms with Crippen LogP contribution in [0.5, 0.6) is 0 Å². The first-order valence-corrected chi connectivity index (χ1v) is 8.79. The van der Waals surface area contributed by atoms with Gasteiger partial charge in [0.1, 0.15) is 0 Å². The summed E-state index contributed by atoms with van der Waals surface area (Å²) in [5.41, 5.74) is -0.297. The summed E-state index contributed by atoms with van der Waals surface area (Å²) in [5.74, 6) is 0.215. The number of likely N-dealkylation sites (N-methyl/N-ethyl adjacent to an activating group) is 1. The average molecular weight is 348 g/mol. The predicted octanol–water partition coefficient (Wildman–Crippen LogP) is 0.396. The van der Waals surface area contributed by atoms with Crippen LogP contribution < -0.4 is 16.0 Å². The van der Waals surface area contributed by atoms with Gasteiger partial charge in [-0.2, -0.15) is 0 Å². The molecule has 1 unspecified atom stereocenters. The zero-order chi connectivity index (χ0) is 18.3. The van der Waals surface area contributed by atoms with Gasteiger partial charge in [0.15, 0.2) is 0 Å². The van der Waals surface area contributed by atoms with Crippen LogP contribution in [0, 0.1) is 5.92 Å². The zero-order valence-corrected chi connectivity index (χ0v) is 16.1. The lowest BCUT2D eigenvalue weighted by atomic mass is 9.92. The molecule has 1 amide bonds. The average Bonchev–Trinajstić information content (AvgIpc) is 2.53. The number of hydrogen-bond acceptors (Lipinski definition) is 6. The molecule has 0 saturated heterocycles. The Labute approximate surface area is 147 Å². The Balaban J connectivity index is 3.46. The van der Waals surface area contributed by atoms with E-state index in [-0.39, 0.29) is 17.4 Å². The molecule has 1 atom stereocenters. The van der Waals surface area contributed by atoms with E-state index in [9.17, 15) is 4.79 Å². The fourth-order valence-corrected chi connectivity index (χ4v) is 1.84. The molecule has 7 heteroatoms. The Morgan fingerprint density at radius 2 is 1.58 bits per heavy atom. The molecule has 0 spiro atoms. The smallest absolute Gasteiger partial charge is 0.216 e. The molecule has 0 heterocycles. The number of amides is 1. The largest absolute Gasteiger partial charge is 0.379 e. The Bertz CT molecular complexity index is 314.